The van der Waals surface area contributed by atoms with Gasteiger partial charge in [-0.05, 0) is 36.4 Å². The zero-order valence-corrected chi connectivity index (χ0v) is 13.6. The Balaban J connectivity index is 1.86. The zero-order chi connectivity index (χ0) is 17.6. The van der Waals surface area contributed by atoms with Crippen LogP contribution in [-0.4, -0.2) is 14.3 Å². The minimum atomic E-state index is -3.89. The highest BCUT2D eigenvalue weighted by atomic mass is 32.2. The molecule has 3 aromatic carbocycles. The molecule has 0 aliphatic carbocycles. The number of sulfonamides is 1. The average molecular weight is 349 g/mol. The molecule has 0 fully saturated rings. The number of anilines is 2. The van der Waals surface area contributed by atoms with E-state index in [0.717, 1.165) is 0 Å². The maximum atomic E-state index is 12.8. The van der Waals surface area contributed by atoms with Gasteiger partial charge in [0, 0.05) is 22.0 Å². The fraction of sp³-hybridized carbons (Fsp3) is 0. The Kier molecular flexibility index (Phi) is 3.23. The third kappa shape index (κ3) is 2.40. The second-order valence-electron chi connectivity index (χ2n) is 5.59. The summed E-state index contributed by atoms with van der Waals surface area (Å²) in [6, 6.07) is 16.2. The number of hydrogen-bond donors (Lipinski definition) is 2. The van der Waals surface area contributed by atoms with Gasteiger partial charge < -0.3 is 5.32 Å². The quantitative estimate of drug-likeness (QED) is 0.759. The summed E-state index contributed by atoms with van der Waals surface area (Å²) < 4.78 is 28.2. The Morgan fingerprint density at radius 2 is 1.84 bits per heavy atom. The first kappa shape index (κ1) is 15.2. The molecule has 6 nitrogen and oxygen atoms in total. The van der Waals surface area contributed by atoms with Crippen LogP contribution in [0, 0.1) is 11.3 Å². The van der Waals surface area contributed by atoms with Crippen molar-refractivity contribution in [3.05, 3.63) is 65.7 Å². The van der Waals surface area contributed by atoms with Crippen molar-refractivity contribution in [3.8, 4) is 6.07 Å². The second kappa shape index (κ2) is 5.33. The number of hydrogen-bond acceptors (Lipinski definition) is 4. The van der Waals surface area contributed by atoms with Crippen LogP contribution in [0.25, 0.3) is 10.8 Å². The van der Waals surface area contributed by atoms with Gasteiger partial charge in [-0.2, -0.15) is 5.26 Å². The highest BCUT2D eigenvalue weighted by Gasteiger charge is 2.26. The topological polar surface area (TPSA) is 99.1 Å². The maximum Gasteiger partial charge on any atom is 0.262 e. The first-order chi connectivity index (χ1) is 12.0. The zero-order valence-electron chi connectivity index (χ0n) is 12.8. The van der Waals surface area contributed by atoms with E-state index in [9.17, 15) is 13.2 Å². The Labute approximate surface area is 143 Å². The minimum Gasteiger partial charge on any atom is -0.321 e. The van der Waals surface area contributed by atoms with E-state index in [2.05, 4.69) is 10.0 Å². The van der Waals surface area contributed by atoms with Gasteiger partial charge in [-0.3, -0.25) is 9.52 Å². The van der Waals surface area contributed by atoms with Crippen molar-refractivity contribution in [1.82, 2.24) is 0 Å². The fourth-order valence-corrected chi connectivity index (χ4v) is 4.21. The molecule has 2 N–H and O–H groups in total. The molecule has 1 aliphatic heterocycles. The molecule has 0 unspecified atom stereocenters. The number of nitrogens with one attached hydrogen (secondary N) is 2. The van der Waals surface area contributed by atoms with Gasteiger partial charge in [0.15, 0.2) is 0 Å². The van der Waals surface area contributed by atoms with Crippen molar-refractivity contribution in [1.29, 1.82) is 5.26 Å². The normalized spacial score (nSPS) is 12.7. The molecule has 0 saturated heterocycles. The SMILES string of the molecule is N#Cc1cccc(NS(=O)(=O)c2ccc3c4c(cccc24)C(=O)N3)c1. The monoisotopic (exact) mass is 349 g/mol. The van der Waals surface area contributed by atoms with E-state index in [1.165, 1.54) is 12.1 Å². The van der Waals surface area contributed by atoms with Crippen LogP contribution in [0.15, 0.2) is 59.5 Å². The molecule has 122 valence electrons. The van der Waals surface area contributed by atoms with E-state index >= 15 is 0 Å². The van der Waals surface area contributed by atoms with Crippen LogP contribution in [-0.2, 0) is 10.0 Å². The number of carbonyl (C=O) groups is 1. The van der Waals surface area contributed by atoms with E-state index in [4.69, 9.17) is 5.26 Å². The lowest BCUT2D eigenvalue weighted by molar-refractivity contribution is 0.103. The first-order valence-corrected chi connectivity index (χ1v) is 8.88. The highest BCUT2D eigenvalue weighted by Crippen LogP contribution is 2.36. The summed E-state index contributed by atoms with van der Waals surface area (Å²) >= 11 is 0. The summed E-state index contributed by atoms with van der Waals surface area (Å²) in [6.07, 6.45) is 0. The average Bonchev–Trinajstić information content (AvgIpc) is 2.93. The van der Waals surface area contributed by atoms with Crippen LogP contribution in [0.3, 0.4) is 0 Å². The third-order valence-corrected chi connectivity index (χ3v) is 5.47. The molecule has 1 heterocycles. The van der Waals surface area contributed by atoms with Gasteiger partial charge in [-0.1, -0.05) is 18.2 Å². The number of nitrogens with zero attached hydrogens (tertiary/aromatic N) is 1. The molecule has 0 saturated carbocycles. The van der Waals surface area contributed by atoms with E-state index in [1.54, 1.807) is 42.5 Å². The molecule has 0 spiro atoms. The molecule has 4 rings (SSSR count). The van der Waals surface area contributed by atoms with Crippen LogP contribution >= 0.6 is 0 Å². The van der Waals surface area contributed by atoms with Crippen molar-refractivity contribution < 1.29 is 13.2 Å². The molecule has 0 aromatic heterocycles. The molecular weight excluding hydrogens is 338 g/mol. The van der Waals surface area contributed by atoms with E-state index in [-0.39, 0.29) is 10.8 Å². The van der Waals surface area contributed by atoms with Gasteiger partial charge in [0.05, 0.1) is 22.2 Å². The first-order valence-electron chi connectivity index (χ1n) is 7.40. The smallest absolute Gasteiger partial charge is 0.262 e. The van der Waals surface area contributed by atoms with Crippen LogP contribution < -0.4 is 10.0 Å². The molecule has 25 heavy (non-hydrogen) atoms. The summed E-state index contributed by atoms with van der Waals surface area (Å²) in [5, 5.41) is 12.7. The number of amides is 1. The number of benzene rings is 3. The third-order valence-electron chi connectivity index (χ3n) is 4.03. The molecule has 1 amide bonds. The Bertz CT molecular complexity index is 1190. The van der Waals surface area contributed by atoms with Gasteiger partial charge in [-0.15, -0.1) is 0 Å². The standard InChI is InChI=1S/C18H11N3O3S/c19-10-11-3-1-4-12(9-11)21-25(23,24)16-8-7-15-17-13(16)5-2-6-14(17)18(22)20-15/h1-9,21H,(H,20,22). The van der Waals surface area contributed by atoms with E-state index in [0.29, 0.717) is 33.3 Å². The molecule has 0 radical (unpaired) electrons. The van der Waals surface area contributed by atoms with E-state index in [1.807, 2.05) is 6.07 Å². The number of carbonyl (C=O) groups excluding carboxylic acids is 1. The molecule has 1 aliphatic rings. The van der Waals surface area contributed by atoms with E-state index < -0.39 is 10.0 Å². The minimum absolute atomic E-state index is 0.0759. The lowest BCUT2D eigenvalue weighted by atomic mass is 10.1. The Morgan fingerprint density at radius 1 is 1.04 bits per heavy atom. The number of nitriles is 1. The van der Waals surface area contributed by atoms with Crippen LogP contribution in [0.5, 0.6) is 0 Å². The summed E-state index contributed by atoms with van der Waals surface area (Å²) in [7, 11) is -3.89. The van der Waals surface area contributed by atoms with Crippen LogP contribution in [0.1, 0.15) is 15.9 Å². The Hall–Kier alpha value is -3.37. The predicted molar refractivity (Wildman–Crippen MR) is 93.9 cm³/mol. The summed E-state index contributed by atoms with van der Waals surface area (Å²) in [4.78, 5) is 12.0. The molecule has 0 atom stereocenters. The van der Waals surface area contributed by atoms with Crippen molar-refractivity contribution >= 4 is 38.1 Å². The molecular formula is C18H11N3O3S. The van der Waals surface area contributed by atoms with Gasteiger partial charge in [0.1, 0.15) is 0 Å². The largest absolute Gasteiger partial charge is 0.321 e. The van der Waals surface area contributed by atoms with Crippen molar-refractivity contribution in [2.45, 2.75) is 4.90 Å². The van der Waals surface area contributed by atoms with Crippen LogP contribution in [0.4, 0.5) is 11.4 Å². The summed E-state index contributed by atoms with van der Waals surface area (Å²) in [5.41, 5.74) is 1.71. The molecule has 7 heteroatoms. The Morgan fingerprint density at radius 3 is 2.64 bits per heavy atom. The van der Waals surface area contributed by atoms with Gasteiger partial charge >= 0.3 is 0 Å². The lowest BCUT2D eigenvalue weighted by Gasteiger charge is -2.11. The number of rotatable bonds is 3. The highest BCUT2D eigenvalue weighted by molar-refractivity contribution is 7.93. The van der Waals surface area contributed by atoms with Crippen molar-refractivity contribution in [2.24, 2.45) is 0 Å². The molecule has 0 bridgehead atoms. The summed E-state index contributed by atoms with van der Waals surface area (Å²) in [5.74, 6) is -0.246. The van der Waals surface area contributed by atoms with Gasteiger partial charge in [-0.25, -0.2) is 8.42 Å². The van der Waals surface area contributed by atoms with Crippen molar-refractivity contribution in [3.63, 3.8) is 0 Å². The lowest BCUT2D eigenvalue weighted by Crippen LogP contribution is -2.13. The van der Waals surface area contributed by atoms with Crippen LogP contribution in [0.2, 0.25) is 0 Å². The van der Waals surface area contributed by atoms with Gasteiger partial charge in [0.25, 0.3) is 15.9 Å². The second-order valence-corrected chi connectivity index (χ2v) is 7.24. The maximum absolute atomic E-state index is 12.8. The fourth-order valence-electron chi connectivity index (χ4n) is 2.96. The predicted octanol–water partition coefficient (Wildman–Crippen LogP) is 3.08. The van der Waals surface area contributed by atoms with Crippen molar-refractivity contribution in [2.75, 3.05) is 10.0 Å². The molecule has 3 aromatic rings. The van der Waals surface area contributed by atoms with Gasteiger partial charge in [0.2, 0.25) is 0 Å². The summed E-state index contributed by atoms with van der Waals surface area (Å²) in [6.45, 7) is 0.